The van der Waals surface area contributed by atoms with Crippen molar-refractivity contribution in [2.75, 3.05) is 20.3 Å². The third kappa shape index (κ3) is 6.66. The van der Waals surface area contributed by atoms with Crippen molar-refractivity contribution in [2.45, 2.75) is 26.4 Å². The number of carbonyl (C=O) groups excluding carboxylic acids is 2. The van der Waals surface area contributed by atoms with Crippen LogP contribution in [-0.4, -0.2) is 32.1 Å². The SMILES string of the molecule is CCCCOc1ccc(C(=O)NCC(=O)OCc2ccccc2OC)cc1. The van der Waals surface area contributed by atoms with E-state index in [4.69, 9.17) is 14.2 Å². The van der Waals surface area contributed by atoms with E-state index in [1.54, 1.807) is 37.4 Å². The minimum Gasteiger partial charge on any atom is -0.496 e. The van der Waals surface area contributed by atoms with Gasteiger partial charge in [0.2, 0.25) is 0 Å². The van der Waals surface area contributed by atoms with Crippen molar-refractivity contribution in [3.63, 3.8) is 0 Å². The van der Waals surface area contributed by atoms with E-state index in [1.165, 1.54) is 0 Å². The van der Waals surface area contributed by atoms with Gasteiger partial charge in [-0.15, -0.1) is 0 Å². The van der Waals surface area contributed by atoms with Crippen LogP contribution in [0.5, 0.6) is 11.5 Å². The van der Waals surface area contributed by atoms with Gasteiger partial charge in [-0.05, 0) is 36.8 Å². The van der Waals surface area contributed by atoms with Crippen molar-refractivity contribution in [3.05, 3.63) is 59.7 Å². The van der Waals surface area contributed by atoms with Crippen LogP contribution < -0.4 is 14.8 Å². The van der Waals surface area contributed by atoms with Crippen LogP contribution in [0.2, 0.25) is 0 Å². The summed E-state index contributed by atoms with van der Waals surface area (Å²) in [7, 11) is 1.56. The third-order valence-corrected chi connectivity index (χ3v) is 3.86. The van der Waals surface area contributed by atoms with Gasteiger partial charge in [0.05, 0.1) is 13.7 Å². The molecule has 27 heavy (non-hydrogen) atoms. The van der Waals surface area contributed by atoms with Crippen molar-refractivity contribution >= 4 is 11.9 Å². The predicted octanol–water partition coefficient (Wildman–Crippen LogP) is 3.35. The van der Waals surface area contributed by atoms with Crippen molar-refractivity contribution in [1.82, 2.24) is 5.32 Å². The molecule has 0 saturated heterocycles. The van der Waals surface area contributed by atoms with Crippen LogP contribution in [0.1, 0.15) is 35.7 Å². The van der Waals surface area contributed by atoms with Gasteiger partial charge in [0.1, 0.15) is 24.7 Å². The predicted molar refractivity (Wildman–Crippen MR) is 102 cm³/mol. The van der Waals surface area contributed by atoms with E-state index < -0.39 is 5.97 Å². The van der Waals surface area contributed by atoms with Crippen LogP contribution >= 0.6 is 0 Å². The molecule has 6 nitrogen and oxygen atoms in total. The summed E-state index contributed by atoms with van der Waals surface area (Å²) in [5, 5.41) is 2.55. The molecule has 0 aromatic heterocycles. The number of rotatable bonds is 10. The zero-order valence-electron chi connectivity index (χ0n) is 15.7. The van der Waals surface area contributed by atoms with E-state index >= 15 is 0 Å². The maximum Gasteiger partial charge on any atom is 0.325 e. The summed E-state index contributed by atoms with van der Waals surface area (Å²) < 4.78 is 15.9. The molecule has 0 unspecified atom stereocenters. The number of hydrogen-bond donors (Lipinski definition) is 1. The van der Waals surface area contributed by atoms with Gasteiger partial charge in [-0.3, -0.25) is 9.59 Å². The normalized spacial score (nSPS) is 10.1. The van der Waals surface area contributed by atoms with E-state index in [9.17, 15) is 9.59 Å². The molecule has 0 radical (unpaired) electrons. The lowest BCUT2D eigenvalue weighted by Gasteiger charge is -2.10. The van der Waals surface area contributed by atoms with Crippen LogP contribution in [0.3, 0.4) is 0 Å². The molecule has 0 heterocycles. The number of esters is 1. The van der Waals surface area contributed by atoms with E-state index in [0.717, 1.165) is 24.2 Å². The van der Waals surface area contributed by atoms with Gasteiger partial charge in [0, 0.05) is 11.1 Å². The van der Waals surface area contributed by atoms with Gasteiger partial charge < -0.3 is 19.5 Å². The third-order valence-electron chi connectivity index (χ3n) is 3.86. The summed E-state index contributed by atoms with van der Waals surface area (Å²) >= 11 is 0. The van der Waals surface area contributed by atoms with Crippen molar-refractivity contribution < 1.29 is 23.8 Å². The second-order valence-corrected chi connectivity index (χ2v) is 5.88. The molecule has 2 aromatic rings. The number of hydrogen-bond acceptors (Lipinski definition) is 5. The molecule has 2 aromatic carbocycles. The second kappa shape index (κ2) is 10.9. The number of nitrogens with one attached hydrogen (secondary N) is 1. The van der Waals surface area contributed by atoms with Crippen LogP contribution in [0, 0.1) is 0 Å². The molecule has 0 fully saturated rings. The minimum absolute atomic E-state index is 0.0858. The lowest BCUT2D eigenvalue weighted by Crippen LogP contribution is -2.30. The first-order chi connectivity index (χ1) is 13.1. The lowest BCUT2D eigenvalue weighted by atomic mass is 10.2. The summed E-state index contributed by atoms with van der Waals surface area (Å²) in [5.74, 6) is 0.505. The highest BCUT2D eigenvalue weighted by Gasteiger charge is 2.10. The molecule has 0 atom stereocenters. The van der Waals surface area contributed by atoms with Crippen molar-refractivity contribution in [2.24, 2.45) is 0 Å². The number of methoxy groups -OCH3 is 1. The molecule has 0 bridgehead atoms. The lowest BCUT2D eigenvalue weighted by molar-refractivity contribution is -0.143. The number of benzene rings is 2. The molecule has 1 N–H and O–H groups in total. The fraction of sp³-hybridized carbons (Fsp3) is 0.333. The summed E-state index contributed by atoms with van der Waals surface area (Å²) in [4.78, 5) is 24.0. The van der Waals surface area contributed by atoms with Crippen molar-refractivity contribution in [3.8, 4) is 11.5 Å². The Morgan fingerprint density at radius 1 is 1.04 bits per heavy atom. The fourth-order valence-corrected chi connectivity index (χ4v) is 2.32. The number of unbranched alkanes of at least 4 members (excludes halogenated alkanes) is 1. The van der Waals surface area contributed by atoms with E-state index in [-0.39, 0.29) is 19.1 Å². The zero-order valence-corrected chi connectivity index (χ0v) is 15.7. The Kier molecular flexibility index (Phi) is 8.16. The Labute approximate surface area is 159 Å². The molecular weight excluding hydrogens is 346 g/mol. The highest BCUT2D eigenvalue weighted by molar-refractivity contribution is 5.96. The van der Waals surface area contributed by atoms with Gasteiger partial charge in [-0.2, -0.15) is 0 Å². The molecule has 0 aliphatic rings. The van der Waals surface area contributed by atoms with Gasteiger partial charge in [0.15, 0.2) is 0 Å². The summed E-state index contributed by atoms with van der Waals surface area (Å²) in [6.07, 6.45) is 2.05. The number of carbonyl (C=O) groups is 2. The molecule has 0 saturated carbocycles. The van der Waals surface area contributed by atoms with Gasteiger partial charge >= 0.3 is 5.97 Å². The standard InChI is InChI=1S/C21H25NO5/c1-3-4-13-26-18-11-9-16(10-12-18)21(24)22-14-20(23)27-15-17-7-5-6-8-19(17)25-2/h5-12H,3-4,13-15H2,1-2H3,(H,22,24). The smallest absolute Gasteiger partial charge is 0.325 e. The first-order valence-corrected chi connectivity index (χ1v) is 8.92. The Bertz CT molecular complexity index is 742. The van der Waals surface area contributed by atoms with E-state index in [1.807, 2.05) is 18.2 Å². The van der Waals surface area contributed by atoms with Crippen LogP contribution in [0.4, 0.5) is 0 Å². The Morgan fingerprint density at radius 2 is 1.78 bits per heavy atom. The first-order valence-electron chi connectivity index (χ1n) is 8.92. The maximum atomic E-state index is 12.1. The van der Waals surface area contributed by atoms with E-state index in [2.05, 4.69) is 12.2 Å². The molecule has 144 valence electrons. The molecule has 0 aliphatic carbocycles. The summed E-state index contributed by atoms with van der Waals surface area (Å²) in [6.45, 7) is 2.63. The Balaban J connectivity index is 1.76. The van der Waals surface area contributed by atoms with Gasteiger partial charge in [0.25, 0.3) is 5.91 Å². The quantitative estimate of drug-likeness (QED) is 0.512. The number of para-hydroxylation sites is 1. The molecule has 0 spiro atoms. The van der Waals surface area contributed by atoms with Gasteiger partial charge in [-0.1, -0.05) is 31.5 Å². The fourth-order valence-electron chi connectivity index (χ4n) is 2.32. The highest BCUT2D eigenvalue weighted by atomic mass is 16.5. The first kappa shape index (κ1) is 20.3. The molecule has 6 heteroatoms. The van der Waals surface area contributed by atoms with Crippen molar-refractivity contribution in [1.29, 1.82) is 0 Å². The van der Waals surface area contributed by atoms with Crippen LogP contribution in [0.25, 0.3) is 0 Å². The summed E-state index contributed by atoms with van der Waals surface area (Å²) in [6, 6.07) is 14.1. The molecule has 1 amide bonds. The molecular formula is C21H25NO5. The maximum absolute atomic E-state index is 12.1. The summed E-state index contributed by atoms with van der Waals surface area (Å²) in [5.41, 5.74) is 1.22. The topological polar surface area (TPSA) is 73.9 Å². The van der Waals surface area contributed by atoms with E-state index in [0.29, 0.717) is 17.9 Å². The average molecular weight is 371 g/mol. The highest BCUT2D eigenvalue weighted by Crippen LogP contribution is 2.18. The molecule has 0 aliphatic heterocycles. The minimum atomic E-state index is -0.520. The van der Waals surface area contributed by atoms with Crippen LogP contribution in [0.15, 0.2) is 48.5 Å². The zero-order chi connectivity index (χ0) is 19.5. The molecule has 2 rings (SSSR count). The average Bonchev–Trinajstić information content (AvgIpc) is 2.71. The van der Waals surface area contributed by atoms with Crippen LogP contribution in [-0.2, 0) is 16.1 Å². The Hall–Kier alpha value is -3.02. The number of ether oxygens (including phenoxy) is 3. The number of amides is 1. The monoisotopic (exact) mass is 371 g/mol. The Morgan fingerprint density at radius 3 is 2.48 bits per heavy atom. The largest absolute Gasteiger partial charge is 0.496 e. The van der Waals surface area contributed by atoms with Gasteiger partial charge in [-0.25, -0.2) is 0 Å². The second-order valence-electron chi connectivity index (χ2n) is 5.88.